The third-order valence-electron chi connectivity index (χ3n) is 3.38. The van der Waals surface area contributed by atoms with Crippen molar-refractivity contribution < 1.29 is 9.90 Å². The number of rotatable bonds is 3. The van der Waals surface area contributed by atoms with Crippen LogP contribution in [0.15, 0.2) is 47.4 Å². The van der Waals surface area contributed by atoms with E-state index in [1.54, 1.807) is 4.68 Å². The van der Waals surface area contributed by atoms with Crippen LogP contribution in [0.4, 0.5) is 0 Å². The first kappa shape index (κ1) is 13.1. The Kier molecular flexibility index (Phi) is 3.06. The highest BCUT2D eigenvalue weighted by molar-refractivity contribution is 5.87. The SMILES string of the molecule is Cn1nc(Cn2cc(C(=O)O)ccc2=O)c2ccccc21. The second kappa shape index (κ2) is 4.90. The maximum Gasteiger partial charge on any atom is 0.337 e. The molecule has 0 amide bonds. The van der Waals surface area contributed by atoms with Crippen molar-refractivity contribution in [2.45, 2.75) is 6.54 Å². The van der Waals surface area contributed by atoms with Gasteiger partial charge in [0.05, 0.1) is 23.3 Å². The van der Waals surface area contributed by atoms with Crippen LogP contribution in [0.25, 0.3) is 10.9 Å². The summed E-state index contributed by atoms with van der Waals surface area (Å²) in [5.74, 6) is -1.06. The molecule has 0 fully saturated rings. The minimum absolute atomic E-state index is 0.0786. The van der Waals surface area contributed by atoms with Gasteiger partial charge in [0.2, 0.25) is 0 Å². The lowest BCUT2D eigenvalue weighted by atomic mass is 10.2. The van der Waals surface area contributed by atoms with E-state index in [4.69, 9.17) is 5.11 Å². The van der Waals surface area contributed by atoms with Crippen LogP contribution in [0.1, 0.15) is 16.1 Å². The lowest BCUT2D eigenvalue weighted by Crippen LogP contribution is -2.21. The minimum Gasteiger partial charge on any atom is -0.478 e. The average molecular weight is 283 g/mol. The molecule has 6 heteroatoms. The Balaban J connectivity index is 2.09. The predicted octanol–water partition coefficient (Wildman–Crippen LogP) is 1.48. The first-order valence-electron chi connectivity index (χ1n) is 6.40. The van der Waals surface area contributed by atoms with Crippen LogP contribution >= 0.6 is 0 Å². The monoisotopic (exact) mass is 283 g/mol. The van der Waals surface area contributed by atoms with Gasteiger partial charge in [-0.15, -0.1) is 0 Å². The highest BCUT2D eigenvalue weighted by Crippen LogP contribution is 2.17. The maximum absolute atomic E-state index is 11.9. The number of aromatic carboxylic acids is 1. The second-order valence-electron chi connectivity index (χ2n) is 4.78. The Hall–Kier alpha value is -2.89. The molecular weight excluding hydrogens is 270 g/mol. The van der Waals surface area contributed by atoms with Gasteiger partial charge >= 0.3 is 5.97 Å². The molecule has 3 rings (SSSR count). The number of carboxylic acid groups (broad SMARTS) is 1. The van der Waals surface area contributed by atoms with Crippen LogP contribution in [0.2, 0.25) is 0 Å². The molecule has 0 bridgehead atoms. The standard InChI is InChI=1S/C15H13N3O3/c1-17-13-5-3-2-4-11(13)12(16-17)9-18-8-10(15(20)21)6-7-14(18)19/h2-8H,9H2,1H3,(H,20,21). The third kappa shape index (κ3) is 2.31. The van der Waals surface area contributed by atoms with Crippen molar-refractivity contribution >= 4 is 16.9 Å². The zero-order valence-electron chi connectivity index (χ0n) is 11.4. The van der Waals surface area contributed by atoms with Crippen LogP contribution in [0, 0.1) is 0 Å². The van der Waals surface area contributed by atoms with Crippen molar-refractivity contribution in [3.63, 3.8) is 0 Å². The summed E-state index contributed by atoms with van der Waals surface area (Å²) in [5.41, 5.74) is 1.53. The highest BCUT2D eigenvalue weighted by Gasteiger charge is 2.11. The number of hydrogen-bond acceptors (Lipinski definition) is 3. The number of carboxylic acids is 1. The van der Waals surface area contributed by atoms with Crippen molar-refractivity contribution in [1.82, 2.24) is 14.3 Å². The Bertz CT molecular complexity index is 893. The van der Waals surface area contributed by atoms with Gasteiger partial charge in [-0.2, -0.15) is 5.10 Å². The highest BCUT2D eigenvalue weighted by atomic mass is 16.4. The number of carbonyl (C=O) groups is 1. The zero-order valence-corrected chi connectivity index (χ0v) is 11.4. The molecule has 0 saturated heterocycles. The molecule has 0 atom stereocenters. The minimum atomic E-state index is -1.06. The van der Waals surface area contributed by atoms with Crippen molar-refractivity contribution in [1.29, 1.82) is 0 Å². The molecule has 0 unspecified atom stereocenters. The van der Waals surface area contributed by atoms with Crippen LogP contribution in [-0.2, 0) is 13.6 Å². The average Bonchev–Trinajstić information content (AvgIpc) is 2.78. The van der Waals surface area contributed by atoms with Gasteiger partial charge in [-0.05, 0) is 12.1 Å². The topological polar surface area (TPSA) is 77.1 Å². The van der Waals surface area contributed by atoms with Crippen molar-refractivity contribution in [2.75, 3.05) is 0 Å². The van der Waals surface area contributed by atoms with E-state index in [0.29, 0.717) is 0 Å². The molecule has 1 N–H and O–H groups in total. The van der Waals surface area contributed by atoms with Crippen molar-refractivity contribution in [3.05, 3.63) is 64.2 Å². The normalized spacial score (nSPS) is 10.9. The van der Waals surface area contributed by atoms with Gasteiger partial charge in [-0.3, -0.25) is 9.48 Å². The van der Waals surface area contributed by atoms with E-state index in [9.17, 15) is 9.59 Å². The molecule has 106 valence electrons. The number of nitrogens with zero attached hydrogens (tertiary/aromatic N) is 3. The van der Waals surface area contributed by atoms with Gasteiger partial charge in [0.15, 0.2) is 0 Å². The van der Waals surface area contributed by atoms with Crippen LogP contribution in [-0.4, -0.2) is 25.4 Å². The largest absolute Gasteiger partial charge is 0.478 e. The van der Waals surface area contributed by atoms with E-state index in [1.165, 1.54) is 22.9 Å². The number of aromatic nitrogens is 3. The van der Waals surface area contributed by atoms with E-state index >= 15 is 0 Å². The van der Waals surface area contributed by atoms with Gasteiger partial charge in [-0.25, -0.2) is 4.79 Å². The maximum atomic E-state index is 11.9. The fourth-order valence-electron chi connectivity index (χ4n) is 2.35. The van der Waals surface area contributed by atoms with E-state index in [2.05, 4.69) is 5.10 Å². The molecule has 21 heavy (non-hydrogen) atoms. The Morgan fingerprint density at radius 3 is 2.76 bits per heavy atom. The number of pyridine rings is 1. The van der Waals surface area contributed by atoms with E-state index in [-0.39, 0.29) is 17.7 Å². The molecule has 0 aliphatic rings. The molecule has 0 aliphatic heterocycles. The van der Waals surface area contributed by atoms with Crippen LogP contribution in [0.5, 0.6) is 0 Å². The number of aryl methyl sites for hydroxylation is 1. The summed E-state index contributed by atoms with van der Waals surface area (Å²) < 4.78 is 3.11. The van der Waals surface area contributed by atoms with Crippen LogP contribution in [0.3, 0.4) is 0 Å². The molecule has 1 aromatic carbocycles. The number of fused-ring (bicyclic) bond motifs is 1. The van der Waals surface area contributed by atoms with Crippen LogP contribution < -0.4 is 5.56 Å². The summed E-state index contributed by atoms with van der Waals surface area (Å²) in [4.78, 5) is 22.9. The molecule has 0 saturated carbocycles. The summed E-state index contributed by atoms with van der Waals surface area (Å²) >= 11 is 0. The van der Waals surface area contributed by atoms with Gasteiger partial charge in [0.1, 0.15) is 0 Å². The molecule has 0 spiro atoms. The van der Waals surface area contributed by atoms with E-state index < -0.39 is 5.97 Å². The molecule has 2 aromatic heterocycles. The van der Waals surface area contributed by atoms with Gasteiger partial charge in [0, 0.05) is 24.7 Å². The summed E-state index contributed by atoms with van der Waals surface area (Å²) in [6.45, 7) is 0.237. The molecule has 0 aliphatic carbocycles. The zero-order chi connectivity index (χ0) is 15.0. The fourth-order valence-corrected chi connectivity index (χ4v) is 2.35. The van der Waals surface area contributed by atoms with E-state index in [1.807, 2.05) is 31.3 Å². The first-order chi connectivity index (χ1) is 10.1. The summed E-state index contributed by atoms with van der Waals surface area (Å²) in [5, 5.41) is 14.4. The lowest BCUT2D eigenvalue weighted by molar-refractivity contribution is 0.0696. The first-order valence-corrected chi connectivity index (χ1v) is 6.40. The molecule has 0 radical (unpaired) electrons. The summed E-state index contributed by atoms with van der Waals surface area (Å²) in [6.07, 6.45) is 1.34. The number of hydrogen-bond donors (Lipinski definition) is 1. The van der Waals surface area contributed by atoms with Gasteiger partial charge in [-0.1, -0.05) is 18.2 Å². The molecular formula is C15H13N3O3. The number of benzene rings is 1. The third-order valence-corrected chi connectivity index (χ3v) is 3.38. The number of para-hydroxylation sites is 1. The Morgan fingerprint density at radius 1 is 1.24 bits per heavy atom. The smallest absolute Gasteiger partial charge is 0.337 e. The van der Waals surface area contributed by atoms with Gasteiger partial charge in [0.25, 0.3) is 5.56 Å². The predicted molar refractivity (Wildman–Crippen MR) is 77.5 cm³/mol. The molecule has 3 aromatic rings. The molecule has 6 nitrogen and oxygen atoms in total. The van der Waals surface area contributed by atoms with Gasteiger partial charge < -0.3 is 9.67 Å². The molecule has 2 heterocycles. The van der Waals surface area contributed by atoms with Crippen molar-refractivity contribution in [2.24, 2.45) is 7.05 Å². The fraction of sp³-hybridized carbons (Fsp3) is 0.133. The Labute approximate surface area is 119 Å². The second-order valence-corrected chi connectivity index (χ2v) is 4.78. The quantitative estimate of drug-likeness (QED) is 0.790. The summed E-state index contributed by atoms with van der Waals surface area (Å²) in [6, 6.07) is 10.3. The van der Waals surface area contributed by atoms with Crippen molar-refractivity contribution in [3.8, 4) is 0 Å². The summed E-state index contributed by atoms with van der Waals surface area (Å²) in [7, 11) is 1.84. The Morgan fingerprint density at radius 2 is 2.00 bits per heavy atom. The van der Waals surface area contributed by atoms with E-state index in [0.717, 1.165) is 16.6 Å². The lowest BCUT2D eigenvalue weighted by Gasteiger charge is -2.04.